The van der Waals surface area contributed by atoms with E-state index in [1.807, 2.05) is 32.0 Å². The van der Waals surface area contributed by atoms with Gasteiger partial charge in [0.05, 0.1) is 10.0 Å². The fourth-order valence-electron chi connectivity index (χ4n) is 1.79. The van der Waals surface area contributed by atoms with Crippen molar-refractivity contribution in [1.82, 2.24) is 0 Å². The smallest absolute Gasteiger partial charge is 0.181 e. The molecular formula is C15H10Br2FNO. The molecule has 2 aromatic carbocycles. The van der Waals surface area contributed by atoms with Gasteiger partial charge in [0.25, 0.3) is 0 Å². The summed E-state index contributed by atoms with van der Waals surface area (Å²) in [6.07, 6.45) is 0. The van der Waals surface area contributed by atoms with Crippen LogP contribution in [0.1, 0.15) is 16.7 Å². The Labute approximate surface area is 133 Å². The molecule has 102 valence electrons. The van der Waals surface area contributed by atoms with Crippen LogP contribution in [0.2, 0.25) is 0 Å². The van der Waals surface area contributed by atoms with Crippen molar-refractivity contribution < 1.29 is 9.13 Å². The zero-order valence-corrected chi connectivity index (χ0v) is 14.0. The number of nitrogens with zero attached hydrogens (tertiary/aromatic N) is 1. The number of hydrogen-bond acceptors (Lipinski definition) is 2. The van der Waals surface area contributed by atoms with Gasteiger partial charge >= 0.3 is 0 Å². The molecule has 0 amide bonds. The molecule has 0 bridgehead atoms. The van der Waals surface area contributed by atoms with Gasteiger partial charge in [-0.3, -0.25) is 0 Å². The first-order valence-electron chi connectivity index (χ1n) is 5.76. The highest BCUT2D eigenvalue weighted by Gasteiger charge is 2.13. The van der Waals surface area contributed by atoms with E-state index >= 15 is 0 Å². The highest BCUT2D eigenvalue weighted by molar-refractivity contribution is 9.10. The Bertz CT molecular complexity index is 700. The Balaban J connectivity index is 2.41. The molecule has 20 heavy (non-hydrogen) atoms. The van der Waals surface area contributed by atoms with Crippen LogP contribution in [0, 0.1) is 31.0 Å². The zero-order chi connectivity index (χ0) is 14.9. The van der Waals surface area contributed by atoms with Crippen molar-refractivity contribution in [2.45, 2.75) is 13.8 Å². The monoisotopic (exact) mass is 397 g/mol. The lowest BCUT2D eigenvalue weighted by molar-refractivity contribution is 0.439. The minimum Gasteiger partial charge on any atom is -0.454 e. The number of nitriles is 1. The second-order valence-electron chi connectivity index (χ2n) is 4.32. The maximum atomic E-state index is 14.1. The fourth-order valence-corrected chi connectivity index (χ4v) is 2.43. The van der Waals surface area contributed by atoms with Crippen molar-refractivity contribution in [3.05, 3.63) is 55.7 Å². The highest BCUT2D eigenvalue weighted by Crippen LogP contribution is 2.33. The van der Waals surface area contributed by atoms with Gasteiger partial charge in [0.1, 0.15) is 11.8 Å². The van der Waals surface area contributed by atoms with E-state index in [1.165, 1.54) is 12.1 Å². The van der Waals surface area contributed by atoms with Crippen LogP contribution in [-0.4, -0.2) is 0 Å². The van der Waals surface area contributed by atoms with Crippen LogP contribution in [0.4, 0.5) is 4.39 Å². The topological polar surface area (TPSA) is 33.0 Å². The average Bonchev–Trinajstić information content (AvgIpc) is 2.41. The molecule has 0 spiro atoms. The van der Waals surface area contributed by atoms with Gasteiger partial charge in [0.2, 0.25) is 0 Å². The summed E-state index contributed by atoms with van der Waals surface area (Å²) in [4.78, 5) is 0. The summed E-state index contributed by atoms with van der Waals surface area (Å²) in [5.41, 5.74) is 2.25. The average molecular weight is 399 g/mol. The minimum absolute atomic E-state index is 0.0806. The molecule has 2 aromatic rings. The summed E-state index contributed by atoms with van der Waals surface area (Å²) < 4.78 is 20.8. The molecule has 5 heteroatoms. The standard InChI is InChI=1S/C15H10Br2FNO/c1-8-5-11(6-9(2)13(8)16)20-12-4-3-10(7-19)14(17)15(12)18/h3-6H,1-2H3. The first-order chi connectivity index (χ1) is 9.43. The van der Waals surface area contributed by atoms with E-state index in [-0.39, 0.29) is 15.8 Å². The van der Waals surface area contributed by atoms with Crippen molar-refractivity contribution in [2.24, 2.45) is 0 Å². The molecule has 0 atom stereocenters. The molecule has 2 nitrogen and oxygen atoms in total. The van der Waals surface area contributed by atoms with E-state index in [2.05, 4.69) is 31.9 Å². The molecule has 0 aliphatic carbocycles. The van der Waals surface area contributed by atoms with Crippen molar-refractivity contribution in [3.8, 4) is 17.6 Å². The predicted molar refractivity (Wildman–Crippen MR) is 82.5 cm³/mol. The van der Waals surface area contributed by atoms with Crippen LogP contribution >= 0.6 is 31.9 Å². The predicted octanol–water partition coefficient (Wildman–Crippen LogP) is 5.63. The summed E-state index contributed by atoms with van der Waals surface area (Å²) >= 11 is 6.53. The molecule has 0 saturated carbocycles. The summed E-state index contributed by atoms with van der Waals surface area (Å²) in [6.45, 7) is 3.88. The van der Waals surface area contributed by atoms with Crippen LogP contribution in [0.3, 0.4) is 0 Å². The Morgan fingerprint density at radius 3 is 2.25 bits per heavy atom. The Morgan fingerprint density at radius 2 is 1.70 bits per heavy atom. The van der Waals surface area contributed by atoms with Gasteiger partial charge in [0.15, 0.2) is 11.6 Å². The van der Waals surface area contributed by atoms with Crippen molar-refractivity contribution in [1.29, 1.82) is 5.26 Å². The number of ether oxygens (including phenoxy) is 1. The zero-order valence-electron chi connectivity index (χ0n) is 10.8. The third-order valence-electron chi connectivity index (χ3n) is 2.81. The number of rotatable bonds is 2. The molecule has 0 aliphatic heterocycles. The van der Waals surface area contributed by atoms with E-state index in [4.69, 9.17) is 10.00 Å². The summed E-state index contributed by atoms with van der Waals surface area (Å²) in [7, 11) is 0. The van der Waals surface area contributed by atoms with Gasteiger partial charge in [-0.05, 0) is 65.2 Å². The largest absolute Gasteiger partial charge is 0.454 e. The van der Waals surface area contributed by atoms with E-state index in [9.17, 15) is 4.39 Å². The molecule has 0 fully saturated rings. The van der Waals surface area contributed by atoms with Gasteiger partial charge in [-0.2, -0.15) is 5.26 Å². The first-order valence-corrected chi connectivity index (χ1v) is 7.35. The second-order valence-corrected chi connectivity index (χ2v) is 5.91. The fraction of sp³-hybridized carbons (Fsp3) is 0.133. The molecule has 0 aliphatic rings. The molecule has 0 saturated heterocycles. The van der Waals surface area contributed by atoms with Gasteiger partial charge in [-0.25, -0.2) is 4.39 Å². The Hall–Kier alpha value is -1.38. The van der Waals surface area contributed by atoms with Gasteiger partial charge in [-0.1, -0.05) is 15.9 Å². The molecule has 0 radical (unpaired) electrons. The lowest BCUT2D eigenvalue weighted by Crippen LogP contribution is -1.93. The molecule has 2 rings (SSSR count). The SMILES string of the molecule is Cc1cc(Oc2ccc(C#N)c(Br)c2F)cc(C)c1Br. The number of benzene rings is 2. The minimum atomic E-state index is -0.581. The van der Waals surface area contributed by atoms with E-state index in [0.29, 0.717) is 5.75 Å². The number of hydrogen-bond donors (Lipinski definition) is 0. The third-order valence-corrected chi connectivity index (χ3v) is 4.83. The third kappa shape index (κ3) is 2.87. The van der Waals surface area contributed by atoms with Crippen molar-refractivity contribution in [2.75, 3.05) is 0 Å². The maximum absolute atomic E-state index is 14.1. The van der Waals surface area contributed by atoms with Gasteiger partial charge in [0, 0.05) is 4.47 Å². The van der Waals surface area contributed by atoms with E-state index < -0.39 is 5.82 Å². The molecule has 0 aromatic heterocycles. The summed E-state index contributed by atoms with van der Waals surface area (Å²) in [5.74, 6) is 0.0537. The normalized spacial score (nSPS) is 10.2. The van der Waals surface area contributed by atoms with E-state index in [0.717, 1.165) is 15.6 Å². The van der Waals surface area contributed by atoms with E-state index in [1.54, 1.807) is 0 Å². The Morgan fingerprint density at radius 1 is 1.10 bits per heavy atom. The molecular weight excluding hydrogens is 389 g/mol. The van der Waals surface area contributed by atoms with Crippen LogP contribution in [-0.2, 0) is 0 Å². The molecule has 0 heterocycles. The van der Waals surface area contributed by atoms with Crippen molar-refractivity contribution >= 4 is 31.9 Å². The number of aryl methyl sites for hydroxylation is 2. The Kier molecular flexibility index (Phi) is 4.46. The number of halogens is 3. The van der Waals surface area contributed by atoms with Crippen LogP contribution in [0.15, 0.2) is 33.2 Å². The molecule has 0 unspecified atom stereocenters. The first kappa shape index (κ1) is 15.0. The lowest BCUT2D eigenvalue weighted by atomic mass is 10.1. The van der Waals surface area contributed by atoms with Gasteiger partial charge < -0.3 is 4.74 Å². The lowest BCUT2D eigenvalue weighted by Gasteiger charge is -2.11. The van der Waals surface area contributed by atoms with Crippen LogP contribution in [0.5, 0.6) is 11.5 Å². The van der Waals surface area contributed by atoms with Crippen LogP contribution < -0.4 is 4.74 Å². The van der Waals surface area contributed by atoms with Crippen LogP contribution in [0.25, 0.3) is 0 Å². The maximum Gasteiger partial charge on any atom is 0.181 e. The van der Waals surface area contributed by atoms with Crippen molar-refractivity contribution in [3.63, 3.8) is 0 Å². The summed E-state index contributed by atoms with van der Waals surface area (Å²) in [5, 5.41) is 8.83. The highest BCUT2D eigenvalue weighted by atomic mass is 79.9. The second kappa shape index (κ2) is 5.94. The summed E-state index contributed by atoms with van der Waals surface area (Å²) in [6, 6.07) is 8.51. The van der Waals surface area contributed by atoms with Gasteiger partial charge in [-0.15, -0.1) is 0 Å². The molecule has 0 N–H and O–H groups in total. The quantitative estimate of drug-likeness (QED) is 0.656.